The van der Waals surface area contributed by atoms with Gasteiger partial charge < -0.3 is 15.3 Å². The Morgan fingerprint density at radius 3 is 2.75 bits per heavy atom. The first-order valence-electron chi connectivity index (χ1n) is 5.38. The van der Waals surface area contributed by atoms with Gasteiger partial charge in [-0.25, -0.2) is 0 Å². The van der Waals surface area contributed by atoms with Crippen LogP contribution in [-0.2, 0) is 0 Å². The number of hydrogen-bond acceptors (Lipinski definition) is 3. The van der Waals surface area contributed by atoms with Gasteiger partial charge in [0, 0.05) is 18.1 Å². The quantitative estimate of drug-likeness (QED) is 0.794. The van der Waals surface area contributed by atoms with E-state index in [1.54, 1.807) is 0 Å². The maximum atomic E-state index is 9.32. The van der Waals surface area contributed by atoms with Crippen molar-refractivity contribution in [1.82, 2.24) is 10.2 Å². The lowest BCUT2D eigenvalue weighted by molar-refractivity contribution is 0.240. The predicted molar refractivity (Wildman–Crippen MR) is 67.8 cm³/mol. The molecule has 0 aliphatic heterocycles. The lowest BCUT2D eigenvalue weighted by Gasteiger charge is -2.18. The van der Waals surface area contributed by atoms with Gasteiger partial charge in [-0.15, -0.1) is 0 Å². The molecule has 0 aliphatic rings. The molecule has 0 fully saturated rings. The number of aliphatic hydroxyl groups is 1. The highest BCUT2D eigenvalue weighted by atomic mass is 35.5. The Morgan fingerprint density at radius 2 is 2.19 bits per heavy atom. The normalized spacial score (nSPS) is 13.1. The second kappa shape index (κ2) is 6.86. The average Bonchev–Trinajstić information content (AvgIpc) is 2.24. The monoisotopic (exact) mass is 242 g/mol. The van der Waals surface area contributed by atoms with Crippen molar-refractivity contribution in [2.45, 2.75) is 6.04 Å². The second-order valence-electron chi connectivity index (χ2n) is 4.05. The number of likely N-dealkylation sites (N-methyl/N-ethyl adjacent to an activating group) is 1. The molecule has 0 heterocycles. The van der Waals surface area contributed by atoms with Gasteiger partial charge in [-0.3, -0.25) is 0 Å². The number of rotatable bonds is 6. The van der Waals surface area contributed by atoms with Crippen LogP contribution >= 0.6 is 11.6 Å². The van der Waals surface area contributed by atoms with Crippen LogP contribution < -0.4 is 5.32 Å². The summed E-state index contributed by atoms with van der Waals surface area (Å²) >= 11 is 5.91. The summed E-state index contributed by atoms with van der Waals surface area (Å²) in [6.45, 7) is 1.86. The summed E-state index contributed by atoms with van der Waals surface area (Å²) in [6, 6.07) is 7.53. The molecule has 1 rings (SSSR count). The van der Waals surface area contributed by atoms with E-state index in [1.165, 1.54) is 0 Å². The van der Waals surface area contributed by atoms with E-state index in [9.17, 15) is 5.11 Å². The highest BCUT2D eigenvalue weighted by Crippen LogP contribution is 2.17. The van der Waals surface area contributed by atoms with E-state index in [-0.39, 0.29) is 12.6 Å². The largest absolute Gasteiger partial charge is 0.394 e. The van der Waals surface area contributed by atoms with Crippen LogP contribution in [0.25, 0.3) is 0 Å². The first-order chi connectivity index (χ1) is 7.63. The minimum atomic E-state index is -0.0429. The molecule has 1 unspecified atom stereocenters. The van der Waals surface area contributed by atoms with E-state index in [4.69, 9.17) is 11.6 Å². The molecule has 16 heavy (non-hydrogen) atoms. The van der Waals surface area contributed by atoms with E-state index < -0.39 is 0 Å². The Labute approximate surface area is 102 Å². The van der Waals surface area contributed by atoms with Crippen molar-refractivity contribution in [1.29, 1.82) is 0 Å². The van der Waals surface area contributed by atoms with Crippen LogP contribution in [0.3, 0.4) is 0 Å². The summed E-state index contributed by atoms with van der Waals surface area (Å²) in [6.07, 6.45) is 0. The molecule has 0 aromatic heterocycles. The van der Waals surface area contributed by atoms with E-state index in [0.29, 0.717) is 5.02 Å². The van der Waals surface area contributed by atoms with Crippen molar-refractivity contribution in [3.05, 3.63) is 34.9 Å². The van der Waals surface area contributed by atoms with Gasteiger partial charge in [-0.05, 0) is 31.8 Å². The molecule has 0 bridgehead atoms. The molecule has 90 valence electrons. The third-order valence-electron chi connectivity index (χ3n) is 2.38. The van der Waals surface area contributed by atoms with Gasteiger partial charge in [0.25, 0.3) is 0 Å². The highest BCUT2D eigenvalue weighted by Gasteiger charge is 2.09. The number of hydrogen-bond donors (Lipinski definition) is 2. The molecule has 0 aliphatic carbocycles. The fraction of sp³-hybridized carbons (Fsp3) is 0.500. The van der Waals surface area contributed by atoms with Gasteiger partial charge in [0.2, 0.25) is 0 Å². The third-order valence-corrected chi connectivity index (χ3v) is 2.62. The summed E-state index contributed by atoms with van der Waals surface area (Å²) in [5.41, 5.74) is 1.02. The maximum Gasteiger partial charge on any atom is 0.0626 e. The van der Waals surface area contributed by atoms with Crippen LogP contribution in [0.5, 0.6) is 0 Å². The summed E-state index contributed by atoms with van der Waals surface area (Å²) in [4.78, 5) is 2.10. The fourth-order valence-electron chi connectivity index (χ4n) is 1.47. The minimum Gasteiger partial charge on any atom is -0.394 e. The van der Waals surface area contributed by atoms with Crippen LogP contribution in [-0.4, -0.2) is 43.8 Å². The Kier molecular flexibility index (Phi) is 5.77. The predicted octanol–water partition coefficient (Wildman–Crippen LogP) is 1.52. The van der Waals surface area contributed by atoms with Crippen molar-refractivity contribution in [3.8, 4) is 0 Å². The van der Waals surface area contributed by atoms with Gasteiger partial charge in [0.1, 0.15) is 0 Å². The Hall–Kier alpha value is -0.610. The second-order valence-corrected chi connectivity index (χ2v) is 4.48. The van der Waals surface area contributed by atoms with Crippen molar-refractivity contribution >= 4 is 11.6 Å². The first kappa shape index (κ1) is 13.5. The number of nitrogens with zero attached hydrogens (tertiary/aromatic N) is 1. The van der Waals surface area contributed by atoms with Crippen LogP contribution in [0, 0.1) is 0 Å². The molecule has 1 aromatic rings. The molecule has 3 nitrogen and oxygen atoms in total. The minimum absolute atomic E-state index is 0.0429. The van der Waals surface area contributed by atoms with Gasteiger partial charge in [0.15, 0.2) is 0 Å². The number of aliphatic hydroxyl groups excluding tert-OH is 1. The summed E-state index contributed by atoms with van der Waals surface area (Å²) < 4.78 is 0. The molecular formula is C12H19ClN2O. The number of nitrogens with one attached hydrogen (secondary N) is 1. The van der Waals surface area contributed by atoms with Crippen LogP contribution in [0.1, 0.15) is 11.6 Å². The molecule has 2 N–H and O–H groups in total. The van der Waals surface area contributed by atoms with E-state index in [1.807, 2.05) is 38.4 Å². The zero-order valence-corrected chi connectivity index (χ0v) is 10.5. The van der Waals surface area contributed by atoms with Crippen LogP contribution in [0.2, 0.25) is 5.02 Å². The van der Waals surface area contributed by atoms with Gasteiger partial charge >= 0.3 is 0 Å². The highest BCUT2D eigenvalue weighted by molar-refractivity contribution is 6.30. The molecule has 0 spiro atoms. The SMILES string of the molecule is CN(C)CCNC(CO)c1cccc(Cl)c1. The maximum absolute atomic E-state index is 9.32. The number of benzene rings is 1. The topological polar surface area (TPSA) is 35.5 Å². The Bertz CT molecular complexity index is 318. The van der Waals surface area contributed by atoms with Crippen molar-refractivity contribution in [2.24, 2.45) is 0 Å². The Morgan fingerprint density at radius 1 is 1.44 bits per heavy atom. The van der Waals surface area contributed by atoms with E-state index >= 15 is 0 Å². The van der Waals surface area contributed by atoms with Crippen molar-refractivity contribution in [3.63, 3.8) is 0 Å². The van der Waals surface area contributed by atoms with Gasteiger partial charge in [0.05, 0.1) is 12.6 Å². The van der Waals surface area contributed by atoms with Crippen molar-refractivity contribution < 1.29 is 5.11 Å². The lowest BCUT2D eigenvalue weighted by atomic mass is 10.1. The van der Waals surface area contributed by atoms with E-state index in [2.05, 4.69) is 10.2 Å². The lowest BCUT2D eigenvalue weighted by Crippen LogP contribution is -2.31. The molecule has 0 amide bonds. The molecular weight excluding hydrogens is 224 g/mol. The average molecular weight is 243 g/mol. The van der Waals surface area contributed by atoms with Gasteiger partial charge in [-0.1, -0.05) is 23.7 Å². The summed E-state index contributed by atoms with van der Waals surface area (Å²) in [5.74, 6) is 0. The zero-order chi connectivity index (χ0) is 12.0. The molecule has 0 saturated carbocycles. The molecule has 0 radical (unpaired) electrons. The first-order valence-corrected chi connectivity index (χ1v) is 5.75. The molecule has 0 saturated heterocycles. The van der Waals surface area contributed by atoms with E-state index in [0.717, 1.165) is 18.7 Å². The summed E-state index contributed by atoms with van der Waals surface area (Å²) in [5, 5.41) is 13.3. The standard InChI is InChI=1S/C12H19ClN2O/c1-15(2)7-6-14-12(9-16)10-4-3-5-11(13)8-10/h3-5,8,12,14,16H,6-7,9H2,1-2H3. The molecule has 1 aromatic carbocycles. The molecule has 4 heteroatoms. The third kappa shape index (κ3) is 4.49. The van der Waals surface area contributed by atoms with Crippen LogP contribution in [0.4, 0.5) is 0 Å². The smallest absolute Gasteiger partial charge is 0.0626 e. The van der Waals surface area contributed by atoms with Crippen LogP contribution in [0.15, 0.2) is 24.3 Å². The summed E-state index contributed by atoms with van der Waals surface area (Å²) in [7, 11) is 4.05. The van der Waals surface area contributed by atoms with Crippen molar-refractivity contribution in [2.75, 3.05) is 33.8 Å². The Balaban J connectivity index is 2.53. The number of halogens is 1. The zero-order valence-electron chi connectivity index (χ0n) is 9.78. The fourth-order valence-corrected chi connectivity index (χ4v) is 1.67. The molecule has 1 atom stereocenters. The van der Waals surface area contributed by atoms with Gasteiger partial charge in [-0.2, -0.15) is 0 Å².